The van der Waals surface area contributed by atoms with E-state index < -0.39 is 78.5 Å². The molecule has 12 N–H and O–H groups in total. The van der Waals surface area contributed by atoms with E-state index in [4.69, 9.17) is 42.6 Å². The van der Waals surface area contributed by atoms with E-state index in [1.807, 2.05) is 6.92 Å². The second-order valence-corrected chi connectivity index (χ2v) is 22.3. The average molecular weight is 1240 g/mol. The number of aliphatic hydroxyl groups excluding tert-OH is 12. The SMILES string of the molecule is CC(COCCOCCOCc1cn(CCCN2C[C@H](O)[C@@H](O)[C@H](O)[C@H]2CO)nn1)(COCCOCCOCc1cn(CCCN2C[C@H](O)[C@@H](O)[C@H](O)[C@H]2CO)nn1)COCCOCCOCc1cn(CCCN2C[C@H](O)[C@@H](O)[C@H](O)[C@H]2CO)nn1. The van der Waals surface area contributed by atoms with E-state index >= 15 is 0 Å². The Labute approximate surface area is 500 Å². The van der Waals surface area contributed by atoms with Gasteiger partial charge < -0.3 is 104 Å². The predicted molar refractivity (Wildman–Crippen MR) is 297 cm³/mol. The van der Waals surface area contributed by atoms with Gasteiger partial charge in [-0.25, -0.2) is 0 Å². The van der Waals surface area contributed by atoms with Crippen molar-refractivity contribution >= 4 is 0 Å². The maximum absolute atomic E-state index is 10.2. The average Bonchev–Trinajstić information content (AvgIpc) is 2.30. The summed E-state index contributed by atoms with van der Waals surface area (Å²) >= 11 is 0. The molecule has 0 aliphatic carbocycles. The zero-order valence-electron chi connectivity index (χ0n) is 49.4. The van der Waals surface area contributed by atoms with Gasteiger partial charge in [-0.15, -0.1) is 15.3 Å². The molecular weight excluding hydrogens is 1140 g/mol. The second-order valence-electron chi connectivity index (χ2n) is 22.3. The number of aliphatic hydroxyl groups is 12. The topological polar surface area (TPSA) is 428 Å². The van der Waals surface area contributed by atoms with Crippen molar-refractivity contribution in [3.8, 4) is 0 Å². The molecular formula is C53H96N12O21. The van der Waals surface area contributed by atoms with Crippen LogP contribution in [0.25, 0.3) is 0 Å². The van der Waals surface area contributed by atoms with Crippen LogP contribution >= 0.6 is 0 Å². The molecule has 33 nitrogen and oxygen atoms in total. The smallest absolute Gasteiger partial charge is 0.109 e. The van der Waals surface area contributed by atoms with E-state index in [-0.39, 0.29) is 59.3 Å². The summed E-state index contributed by atoms with van der Waals surface area (Å²) in [6.45, 7) is 9.94. The minimum atomic E-state index is -1.30. The van der Waals surface area contributed by atoms with Gasteiger partial charge in [-0.3, -0.25) is 28.7 Å². The van der Waals surface area contributed by atoms with Gasteiger partial charge in [0.2, 0.25) is 0 Å². The van der Waals surface area contributed by atoms with Gasteiger partial charge in [0.1, 0.15) is 53.7 Å². The molecule has 0 amide bonds. The summed E-state index contributed by atoms with van der Waals surface area (Å²) in [6.07, 6.45) is -3.77. The molecule has 3 aromatic rings. The highest BCUT2D eigenvalue weighted by Crippen LogP contribution is 2.23. The van der Waals surface area contributed by atoms with Crippen LogP contribution in [0.2, 0.25) is 0 Å². The third kappa shape index (κ3) is 23.7. The van der Waals surface area contributed by atoms with Crippen LogP contribution in [0.1, 0.15) is 43.3 Å². The molecule has 12 atom stereocenters. The monoisotopic (exact) mass is 1240 g/mol. The van der Waals surface area contributed by atoms with Gasteiger partial charge >= 0.3 is 0 Å². The van der Waals surface area contributed by atoms with Crippen molar-refractivity contribution in [2.75, 3.05) is 158 Å². The first kappa shape index (κ1) is 71.5. The van der Waals surface area contributed by atoms with Crippen molar-refractivity contribution in [2.45, 2.75) is 139 Å². The molecule has 6 rings (SSSR count). The van der Waals surface area contributed by atoms with E-state index in [2.05, 4.69) is 30.9 Å². The van der Waals surface area contributed by atoms with Crippen LogP contribution in [-0.2, 0) is 82.1 Å². The fourth-order valence-electron chi connectivity index (χ4n) is 10.4. The van der Waals surface area contributed by atoms with Crippen molar-refractivity contribution in [2.24, 2.45) is 5.41 Å². The number of piperidine rings is 3. The van der Waals surface area contributed by atoms with E-state index in [0.717, 1.165) is 0 Å². The first-order valence-corrected chi connectivity index (χ1v) is 29.7. The summed E-state index contributed by atoms with van der Waals surface area (Å²) < 4.78 is 57.6. The summed E-state index contributed by atoms with van der Waals surface area (Å²) in [7, 11) is 0. The van der Waals surface area contributed by atoms with E-state index in [0.29, 0.717) is 175 Å². The number of nitrogens with zero attached hydrogens (tertiary/aromatic N) is 12. The third-order valence-electron chi connectivity index (χ3n) is 15.2. The zero-order chi connectivity index (χ0) is 61.7. The van der Waals surface area contributed by atoms with Crippen molar-refractivity contribution in [1.29, 1.82) is 0 Å². The van der Waals surface area contributed by atoms with Gasteiger partial charge in [-0.2, -0.15) is 0 Å². The van der Waals surface area contributed by atoms with Gasteiger partial charge in [0.15, 0.2) is 0 Å². The van der Waals surface area contributed by atoms with Crippen LogP contribution in [0.5, 0.6) is 0 Å². The van der Waals surface area contributed by atoms with Crippen LogP contribution < -0.4 is 0 Å². The van der Waals surface area contributed by atoms with Gasteiger partial charge in [0, 0.05) is 64.3 Å². The summed E-state index contributed by atoms with van der Waals surface area (Å²) in [6, 6.07) is -1.99. The molecule has 0 unspecified atom stereocenters. The highest BCUT2D eigenvalue weighted by Gasteiger charge is 2.43. The Morgan fingerprint density at radius 1 is 0.372 bits per heavy atom. The maximum Gasteiger partial charge on any atom is 0.109 e. The highest BCUT2D eigenvalue weighted by molar-refractivity contribution is 4.97. The molecule has 33 heteroatoms. The number of aromatic nitrogens is 9. The number of rotatable bonds is 45. The molecule has 0 bridgehead atoms. The molecule has 3 aromatic heterocycles. The van der Waals surface area contributed by atoms with Gasteiger partial charge in [0.05, 0.1) is 194 Å². The van der Waals surface area contributed by atoms with Crippen LogP contribution in [0.15, 0.2) is 18.6 Å². The number of ether oxygens (including phenoxy) is 9. The Bertz CT molecular complexity index is 2010. The molecule has 3 fully saturated rings. The number of hydrogen-bond acceptors (Lipinski definition) is 30. The van der Waals surface area contributed by atoms with Gasteiger partial charge in [-0.1, -0.05) is 22.6 Å². The lowest BCUT2D eigenvalue weighted by Gasteiger charge is -2.43. The number of hydrogen-bond donors (Lipinski definition) is 12. The van der Waals surface area contributed by atoms with E-state index in [1.54, 1.807) is 47.3 Å². The summed E-state index contributed by atoms with van der Waals surface area (Å²) in [4.78, 5) is 5.29. The summed E-state index contributed by atoms with van der Waals surface area (Å²) in [5.41, 5.74) is 1.40. The Kier molecular flexibility index (Phi) is 32.3. The Morgan fingerprint density at radius 2 is 0.628 bits per heavy atom. The van der Waals surface area contributed by atoms with Crippen molar-refractivity contribution < 1.29 is 104 Å². The summed E-state index contributed by atoms with van der Waals surface area (Å²) in [5.74, 6) is 0. The Hall–Kier alpha value is -3.54. The number of aryl methyl sites for hydroxylation is 3. The number of β-amino-alcohol motifs (C(OH)–C–C–N with tert-alkyl or cyclic N) is 3. The second kappa shape index (κ2) is 38.9. The van der Waals surface area contributed by atoms with Gasteiger partial charge in [0.25, 0.3) is 0 Å². The molecule has 3 saturated heterocycles. The van der Waals surface area contributed by atoms with Crippen LogP contribution in [0.3, 0.4) is 0 Å². The zero-order valence-corrected chi connectivity index (χ0v) is 49.4. The molecule has 3 aliphatic heterocycles. The van der Waals surface area contributed by atoms with E-state index in [1.165, 1.54) is 0 Å². The lowest BCUT2D eigenvalue weighted by molar-refractivity contribution is -0.145. The fraction of sp³-hybridized carbons (Fsp3) is 0.887. The van der Waals surface area contributed by atoms with Crippen LogP contribution in [0.4, 0.5) is 0 Å². The van der Waals surface area contributed by atoms with E-state index in [9.17, 15) is 61.3 Å². The molecule has 3 aliphatic rings. The Morgan fingerprint density at radius 3 is 0.895 bits per heavy atom. The third-order valence-corrected chi connectivity index (χ3v) is 15.2. The molecule has 0 aromatic carbocycles. The van der Waals surface area contributed by atoms with Gasteiger partial charge in [-0.05, 0) is 19.3 Å². The highest BCUT2D eigenvalue weighted by atomic mass is 16.6. The molecule has 494 valence electrons. The first-order chi connectivity index (χ1) is 41.6. The largest absolute Gasteiger partial charge is 0.395 e. The minimum Gasteiger partial charge on any atom is -0.395 e. The van der Waals surface area contributed by atoms with Crippen LogP contribution in [0, 0.1) is 5.41 Å². The quantitative estimate of drug-likeness (QED) is 0.0234. The molecule has 0 saturated carbocycles. The van der Waals surface area contributed by atoms with Crippen molar-refractivity contribution in [3.05, 3.63) is 35.7 Å². The Balaban J connectivity index is 0.816. The van der Waals surface area contributed by atoms with Crippen molar-refractivity contribution in [1.82, 2.24) is 59.7 Å². The lowest BCUT2D eigenvalue weighted by atomic mass is 9.94. The first-order valence-electron chi connectivity index (χ1n) is 29.7. The fourth-order valence-corrected chi connectivity index (χ4v) is 10.4. The number of likely N-dealkylation sites (tertiary alicyclic amines) is 3. The lowest BCUT2D eigenvalue weighted by Crippen LogP contribution is -2.62. The predicted octanol–water partition coefficient (Wildman–Crippen LogP) is -7.03. The summed E-state index contributed by atoms with van der Waals surface area (Å²) in [5, 5.41) is 145. The molecule has 0 radical (unpaired) electrons. The maximum atomic E-state index is 10.2. The molecule has 86 heavy (non-hydrogen) atoms. The molecule has 0 spiro atoms. The van der Waals surface area contributed by atoms with Crippen molar-refractivity contribution in [3.63, 3.8) is 0 Å². The standard InChI is InChI=1S/C53H96N12O21/c1-53(35-84-20-14-78-11-17-81-32-38-23-63(57-54-38)8-2-5-60-26-44(69)50(75)47(72)41(60)29-66,36-85-21-15-79-12-18-82-33-39-24-64(58-55-39)9-3-6-61-27-45(70)51(76)48(73)42(61)30-67)37-86-22-16-80-13-19-83-34-40-25-65(59-56-40)10-4-7-62-28-46(71)52(77)49(74)43(62)31-68/h23-25,41-52,66-77H,2-22,26-37H2,1H3/t41-,42-,43-,44+,45+,46+,47-,48-,49-,50-,51-,52-/m1/s1. The van der Waals surface area contributed by atoms with Crippen LogP contribution in [-0.4, -0.2) is 352 Å². The molecule has 6 heterocycles. The minimum absolute atomic E-state index is 0.143. The normalized spacial score (nSPS) is 26.3.